The van der Waals surface area contributed by atoms with Gasteiger partial charge >= 0.3 is 0 Å². The largest absolute Gasteiger partial charge is 0.355 e. The molecule has 0 aromatic carbocycles. The molecule has 1 atom stereocenters. The number of carbonyl (C=O) groups excluding carboxylic acids is 1. The van der Waals surface area contributed by atoms with E-state index in [9.17, 15) is 4.79 Å². The molecule has 1 aromatic rings. The summed E-state index contributed by atoms with van der Waals surface area (Å²) in [6, 6.07) is 3.85. The number of pyridine rings is 1. The molecule has 0 aliphatic carbocycles. The average molecular weight is 289 g/mol. The minimum Gasteiger partial charge on any atom is -0.355 e. The van der Waals surface area contributed by atoms with Crippen LogP contribution in [0.3, 0.4) is 0 Å². The zero-order valence-corrected chi connectivity index (χ0v) is 13.3. The molecule has 4 heteroatoms. The van der Waals surface area contributed by atoms with Gasteiger partial charge in [0.15, 0.2) is 5.82 Å². The van der Waals surface area contributed by atoms with Gasteiger partial charge in [-0.3, -0.25) is 4.79 Å². The fourth-order valence-corrected chi connectivity index (χ4v) is 2.96. The highest BCUT2D eigenvalue weighted by molar-refractivity contribution is 5.93. The topological polar surface area (TPSA) is 45.2 Å². The summed E-state index contributed by atoms with van der Waals surface area (Å²) in [5.41, 5.74) is 0.855. The summed E-state index contributed by atoms with van der Waals surface area (Å²) < 4.78 is 0. The molecule has 0 saturated carbocycles. The SMILES string of the molecule is CCCC(C)CC(=O)Nc1cccnc1N1CCCCC1. The van der Waals surface area contributed by atoms with E-state index in [4.69, 9.17) is 0 Å². The Morgan fingerprint density at radius 3 is 2.86 bits per heavy atom. The van der Waals surface area contributed by atoms with E-state index in [2.05, 4.69) is 29.0 Å². The molecule has 21 heavy (non-hydrogen) atoms. The lowest BCUT2D eigenvalue weighted by Crippen LogP contribution is -2.31. The molecular formula is C17H27N3O. The maximum atomic E-state index is 12.2. The van der Waals surface area contributed by atoms with Crippen molar-refractivity contribution in [3.63, 3.8) is 0 Å². The van der Waals surface area contributed by atoms with Crippen LogP contribution < -0.4 is 10.2 Å². The second kappa shape index (κ2) is 8.01. The molecule has 1 unspecified atom stereocenters. The first-order valence-corrected chi connectivity index (χ1v) is 8.20. The van der Waals surface area contributed by atoms with Crippen molar-refractivity contribution in [3.8, 4) is 0 Å². The van der Waals surface area contributed by atoms with E-state index in [0.29, 0.717) is 12.3 Å². The summed E-state index contributed by atoms with van der Waals surface area (Å²) in [6.07, 6.45) is 8.32. The summed E-state index contributed by atoms with van der Waals surface area (Å²) in [5, 5.41) is 3.05. The number of piperidine rings is 1. The molecule has 2 heterocycles. The van der Waals surface area contributed by atoms with Crippen LogP contribution in [0.5, 0.6) is 0 Å². The Morgan fingerprint density at radius 1 is 1.38 bits per heavy atom. The normalized spacial score (nSPS) is 16.6. The maximum absolute atomic E-state index is 12.2. The van der Waals surface area contributed by atoms with Gasteiger partial charge < -0.3 is 10.2 Å². The molecule has 4 nitrogen and oxygen atoms in total. The fourth-order valence-electron chi connectivity index (χ4n) is 2.96. The Labute approximate surface area is 127 Å². The lowest BCUT2D eigenvalue weighted by Gasteiger charge is -2.29. The monoisotopic (exact) mass is 289 g/mol. The first-order chi connectivity index (χ1) is 10.2. The van der Waals surface area contributed by atoms with Crippen molar-refractivity contribution in [2.75, 3.05) is 23.3 Å². The van der Waals surface area contributed by atoms with Crippen molar-refractivity contribution in [3.05, 3.63) is 18.3 Å². The number of anilines is 2. The molecule has 1 aliphatic heterocycles. The molecule has 1 fully saturated rings. The highest BCUT2D eigenvalue weighted by atomic mass is 16.1. The van der Waals surface area contributed by atoms with Gasteiger partial charge in [0.2, 0.25) is 5.91 Å². The Bertz CT molecular complexity index is 455. The second-order valence-electron chi connectivity index (χ2n) is 6.07. The van der Waals surface area contributed by atoms with Crippen LogP contribution in [0.4, 0.5) is 11.5 Å². The molecule has 1 N–H and O–H groups in total. The van der Waals surface area contributed by atoms with Gasteiger partial charge in [-0.2, -0.15) is 0 Å². The summed E-state index contributed by atoms with van der Waals surface area (Å²) in [5.74, 6) is 1.46. The molecule has 1 amide bonds. The smallest absolute Gasteiger partial charge is 0.224 e. The van der Waals surface area contributed by atoms with Crippen LogP contribution in [0.25, 0.3) is 0 Å². The van der Waals surface area contributed by atoms with E-state index in [1.807, 2.05) is 12.1 Å². The number of rotatable bonds is 6. The molecule has 0 radical (unpaired) electrons. The van der Waals surface area contributed by atoms with Crippen molar-refractivity contribution in [2.45, 2.75) is 52.4 Å². The van der Waals surface area contributed by atoms with Crippen LogP contribution >= 0.6 is 0 Å². The number of carbonyl (C=O) groups is 1. The predicted octanol–water partition coefficient (Wildman–Crippen LogP) is 3.84. The van der Waals surface area contributed by atoms with Crippen LogP contribution in [-0.2, 0) is 4.79 Å². The Hall–Kier alpha value is -1.58. The number of nitrogens with zero attached hydrogens (tertiary/aromatic N) is 2. The summed E-state index contributed by atoms with van der Waals surface area (Å²) in [7, 11) is 0. The van der Waals surface area contributed by atoms with E-state index >= 15 is 0 Å². The van der Waals surface area contributed by atoms with Crippen molar-refractivity contribution in [1.82, 2.24) is 4.98 Å². The van der Waals surface area contributed by atoms with Gasteiger partial charge in [0.1, 0.15) is 0 Å². The summed E-state index contributed by atoms with van der Waals surface area (Å²) >= 11 is 0. The van der Waals surface area contributed by atoms with Crippen molar-refractivity contribution in [2.24, 2.45) is 5.92 Å². The number of hydrogen-bond donors (Lipinski definition) is 1. The lowest BCUT2D eigenvalue weighted by molar-refractivity contribution is -0.117. The molecule has 0 bridgehead atoms. The van der Waals surface area contributed by atoms with Gasteiger partial charge in [-0.1, -0.05) is 26.7 Å². The third-order valence-corrected chi connectivity index (χ3v) is 4.03. The molecule has 116 valence electrons. The quantitative estimate of drug-likeness (QED) is 0.865. The van der Waals surface area contributed by atoms with Gasteiger partial charge in [-0.05, 0) is 37.3 Å². The summed E-state index contributed by atoms with van der Waals surface area (Å²) in [4.78, 5) is 18.9. The van der Waals surface area contributed by atoms with Crippen LogP contribution in [0, 0.1) is 5.92 Å². The van der Waals surface area contributed by atoms with Crippen molar-refractivity contribution >= 4 is 17.4 Å². The van der Waals surface area contributed by atoms with Crippen LogP contribution in [0.2, 0.25) is 0 Å². The van der Waals surface area contributed by atoms with Crippen molar-refractivity contribution in [1.29, 1.82) is 0 Å². The van der Waals surface area contributed by atoms with E-state index < -0.39 is 0 Å². The van der Waals surface area contributed by atoms with E-state index in [1.54, 1.807) is 6.20 Å². The van der Waals surface area contributed by atoms with Crippen LogP contribution in [-0.4, -0.2) is 24.0 Å². The second-order valence-corrected chi connectivity index (χ2v) is 6.07. The van der Waals surface area contributed by atoms with Crippen molar-refractivity contribution < 1.29 is 4.79 Å². The van der Waals surface area contributed by atoms with Gasteiger partial charge in [0.25, 0.3) is 0 Å². The number of aromatic nitrogens is 1. The van der Waals surface area contributed by atoms with E-state index in [-0.39, 0.29) is 5.91 Å². The highest BCUT2D eigenvalue weighted by Gasteiger charge is 2.17. The third-order valence-electron chi connectivity index (χ3n) is 4.03. The molecule has 2 rings (SSSR count). The Morgan fingerprint density at radius 2 is 2.14 bits per heavy atom. The van der Waals surface area contributed by atoms with Crippen LogP contribution in [0.15, 0.2) is 18.3 Å². The average Bonchev–Trinajstić information content (AvgIpc) is 2.48. The van der Waals surface area contributed by atoms with E-state index in [1.165, 1.54) is 19.3 Å². The molecule has 1 aliphatic rings. The third kappa shape index (κ3) is 4.73. The lowest BCUT2D eigenvalue weighted by atomic mass is 10.0. The molecule has 1 saturated heterocycles. The van der Waals surface area contributed by atoms with Crippen LogP contribution in [0.1, 0.15) is 52.4 Å². The Balaban J connectivity index is 2.00. The minimum absolute atomic E-state index is 0.0993. The number of amides is 1. The van der Waals surface area contributed by atoms with Gasteiger partial charge in [0, 0.05) is 25.7 Å². The molecular weight excluding hydrogens is 262 g/mol. The van der Waals surface area contributed by atoms with Gasteiger partial charge in [-0.25, -0.2) is 4.98 Å². The zero-order valence-electron chi connectivity index (χ0n) is 13.3. The Kier molecular flexibility index (Phi) is 6.03. The zero-order chi connectivity index (χ0) is 15.1. The number of hydrogen-bond acceptors (Lipinski definition) is 3. The summed E-state index contributed by atoms with van der Waals surface area (Å²) in [6.45, 7) is 6.36. The fraction of sp³-hybridized carbons (Fsp3) is 0.647. The highest BCUT2D eigenvalue weighted by Crippen LogP contribution is 2.26. The first-order valence-electron chi connectivity index (χ1n) is 8.20. The molecule has 0 spiro atoms. The van der Waals surface area contributed by atoms with E-state index in [0.717, 1.165) is 37.4 Å². The molecule has 1 aromatic heterocycles. The number of nitrogens with one attached hydrogen (secondary N) is 1. The van der Waals surface area contributed by atoms with Gasteiger partial charge in [0.05, 0.1) is 5.69 Å². The standard InChI is InChI=1S/C17H27N3O/c1-3-8-14(2)13-16(21)19-15-9-7-10-18-17(15)20-11-5-4-6-12-20/h7,9-10,14H,3-6,8,11-13H2,1-2H3,(H,19,21). The predicted molar refractivity (Wildman–Crippen MR) is 87.6 cm³/mol. The minimum atomic E-state index is 0.0993. The maximum Gasteiger partial charge on any atom is 0.224 e. The first kappa shape index (κ1) is 15.8. The van der Waals surface area contributed by atoms with Gasteiger partial charge in [-0.15, -0.1) is 0 Å².